The maximum atomic E-state index is 13.1. The van der Waals surface area contributed by atoms with Crippen molar-refractivity contribution < 1.29 is 4.57 Å². The van der Waals surface area contributed by atoms with Crippen LogP contribution >= 0.6 is 11.6 Å². The molecule has 0 atom stereocenters. The molecule has 7 heteroatoms. The molecule has 0 aliphatic heterocycles. The molecule has 0 spiro atoms. The van der Waals surface area contributed by atoms with Gasteiger partial charge >= 0.3 is 5.56 Å². The molecule has 0 saturated heterocycles. The fourth-order valence-electron chi connectivity index (χ4n) is 3.63. The molecule has 5 aromatic rings. The zero-order valence-electron chi connectivity index (χ0n) is 14.9. The van der Waals surface area contributed by atoms with Crippen molar-refractivity contribution in [1.29, 1.82) is 0 Å². The summed E-state index contributed by atoms with van der Waals surface area (Å²) in [6.07, 6.45) is 5.28. The minimum Gasteiger partial charge on any atom is -0.315 e. The zero-order valence-corrected chi connectivity index (χ0v) is 15.7. The average Bonchev–Trinajstić information content (AvgIpc) is 3.09. The van der Waals surface area contributed by atoms with Crippen LogP contribution in [0.4, 0.5) is 0 Å². The van der Waals surface area contributed by atoms with Crippen LogP contribution < -0.4 is 10.1 Å². The molecular weight excluding hydrogens is 374 g/mol. The summed E-state index contributed by atoms with van der Waals surface area (Å²) in [5.74, 6) is 0. The first-order valence-electron chi connectivity index (χ1n) is 8.76. The molecule has 6 nitrogen and oxygen atoms in total. The molecule has 0 radical (unpaired) electrons. The number of benzene rings is 1. The first kappa shape index (κ1) is 16.6. The number of hydrogen-bond donors (Lipinski definition) is 2. The normalized spacial score (nSPS) is 11.4. The van der Waals surface area contributed by atoms with Gasteiger partial charge in [-0.25, -0.2) is 0 Å². The second kappa shape index (κ2) is 6.28. The third-order valence-electron chi connectivity index (χ3n) is 4.80. The number of nitrogens with zero attached hydrogens (tertiary/aromatic N) is 3. The topological polar surface area (TPSA) is 78.3 Å². The third kappa shape index (κ3) is 2.50. The molecule has 4 heterocycles. The molecule has 0 amide bonds. The number of aryl methyl sites for hydroxylation is 1. The van der Waals surface area contributed by atoms with Gasteiger partial charge < -0.3 is 4.98 Å². The molecule has 4 aromatic heterocycles. The van der Waals surface area contributed by atoms with Gasteiger partial charge in [0.15, 0.2) is 12.4 Å². The monoisotopic (exact) mass is 388 g/mol. The van der Waals surface area contributed by atoms with Crippen molar-refractivity contribution in [2.45, 2.75) is 6.92 Å². The molecule has 5 rings (SSSR count). The molecule has 0 aliphatic rings. The van der Waals surface area contributed by atoms with Crippen molar-refractivity contribution in [1.82, 2.24) is 20.2 Å². The first-order valence-corrected chi connectivity index (χ1v) is 9.13. The number of pyridine rings is 3. The number of halogens is 1. The molecule has 0 saturated carbocycles. The van der Waals surface area contributed by atoms with Gasteiger partial charge in [0.25, 0.3) is 5.69 Å². The van der Waals surface area contributed by atoms with Gasteiger partial charge in [-0.1, -0.05) is 29.8 Å². The third-order valence-corrected chi connectivity index (χ3v) is 5.00. The minimum atomic E-state index is -0.221. The quantitative estimate of drug-likeness (QED) is 0.452. The Labute approximate surface area is 164 Å². The maximum Gasteiger partial charge on any atom is 0.321 e. The van der Waals surface area contributed by atoms with Crippen LogP contribution in [0.1, 0.15) is 5.69 Å². The molecule has 28 heavy (non-hydrogen) atoms. The van der Waals surface area contributed by atoms with E-state index in [1.165, 1.54) is 0 Å². The average molecular weight is 389 g/mol. The summed E-state index contributed by atoms with van der Waals surface area (Å²) in [7, 11) is 0. The van der Waals surface area contributed by atoms with Crippen LogP contribution in [-0.2, 0) is 0 Å². The fourth-order valence-corrected chi connectivity index (χ4v) is 3.78. The molecule has 1 aromatic carbocycles. The van der Waals surface area contributed by atoms with Crippen molar-refractivity contribution in [3.8, 4) is 16.8 Å². The summed E-state index contributed by atoms with van der Waals surface area (Å²) in [5, 5.41) is 8.82. The molecule has 0 aliphatic carbocycles. The van der Waals surface area contributed by atoms with Gasteiger partial charge in [-0.2, -0.15) is 9.67 Å². The Kier molecular flexibility index (Phi) is 3.74. The predicted octanol–water partition coefficient (Wildman–Crippen LogP) is 3.70. The second-order valence-corrected chi connectivity index (χ2v) is 6.99. The van der Waals surface area contributed by atoms with E-state index < -0.39 is 0 Å². The number of H-pyrrole nitrogens is 2. The van der Waals surface area contributed by atoms with E-state index in [1.807, 2.05) is 55.7 Å². The Balaban J connectivity index is 2.01. The zero-order chi connectivity index (χ0) is 19.3. The number of aromatic nitrogens is 5. The van der Waals surface area contributed by atoms with E-state index in [2.05, 4.69) is 20.2 Å². The molecule has 0 unspecified atom stereocenters. The highest BCUT2D eigenvalue weighted by Crippen LogP contribution is 2.35. The number of aromatic amines is 2. The molecule has 0 bridgehead atoms. The van der Waals surface area contributed by atoms with Crippen molar-refractivity contribution in [3.63, 3.8) is 0 Å². The highest BCUT2D eigenvalue weighted by molar-refractivity contribution is 6.31. The fraction of sp³-hybridized carbons (Fsp3) is 0.0476. The maximum absolute atomic E-state index is 13.1. The smallest absolute Gasteiger partial charge is 0.315 e. The van der Waals surface area contributed by atoms with E-state index in [0.29, 0.717) is 21.7 Å². The first-order chi connectivity index (χ1) is 13.6. The molecule has 0 fully saturated rings. The van der Waals surface area contributed by atoms with Crippen LogP contribution in [0.2, 0.25) is 5.02 Å². The van der Waals surface area contributed by atoms with Crippen molar-refractivity contribution in [2.75, 3.05) is 0 Å². The summed E-state index contributed by atoms with van der Waals surface area (Å²) in [6.45, 7) is 1.97. The van der Waals surface area contributed by atoms with E-state index in [1.54, 1.807) is 16.8 Å². The van der Waals surface area contributed by atoms with Gasteiger partial charge in [0, 0.05) is 35.0 Å². The van der Waals surface area contributed by atoms with Crippen molar-refractivity contribution >= 4 is 33.5 Å². The second-order valence-electron chi connectivity index (χ2n) is 6.56. The number of hydrogen-bond acceptors (Lipinski definition) is 3. The summed E-state index contributed by atoms with van der Waals surface area (Å²) in [6, 6.07) is 13.2. The summed E-state index contributed by atoms with van der Waals surface area (Å²) in [5.41, 5.74) is 4.92. The van der Waals surface area contributed by atoms with Gasteiger partial charge in [-0.05, 0) is 19.1 Å². The van der Waals surface area contributed by atoms with Crippen LogP contribution in [0.3, 0.4) is 0 Å². The van der Waals surface area contributed by atoms with Gasteiger partial charge in [0.1, 0.15) is 5.52 Å². The van der Waals surface area contributed by atoms with Crippen LogP contribution in [0.5, 0.6) is 0 Å². The Bertz CT molecular complexity index is 1410. The summed E-state index contributed by atoms with van der Waals surface area (Å²) in [4.78, 5) is 20.6. The van der Waals surface area contributed by atoms with Crippen LogP contribution in [0.15, 0.2) is 65.8 Å². The van der Waals surface area contributed by atoms with E-state index in [4.69, 9.17) is 11.6 Å². The molecule has 2 N–H and O–H groups in total. The van der Waals surface area contributed by atoms with Crippen molar-refractivity contribution in [3.05, 3.63) is 82.1 Å². The summed E-state index contributed by atoms with van der Waals surface area (Å²) < 4.78 is 1.80. The largest absolute Gasteiger partial charge is 0.321 e. The lowest BCUT2D eigenvalue weighted by atomic mass is 9.97. The standard InChI is InChI=1S/C21H14ClN5O/c1-12-17-14(6-5-7-15(17)26-25-12)18-19-16(10-13(22)11-23-19)24-21(28)20(18)27-8-3-2-4-9-27/h2-11H,1H3,(H-,24,25,26,28)/p+1. The highest BCUT2D eigenvalue weighted by atomic mass is 35.5. The highest BCUT2D eigenvalue weighted by Gasteiger charge is 2.25. The number of rotatable bonds is 2. The summed E-state index contributed by atoms with van der Waals surface area (Å²) >= 11 is 6.12. The Morgan fingerprint density at radius 2 is 1.93 bits per heavy atom. The number of nitrogens with one attached hydrogen (secondary N) is 2. The van der Waals surface area contributed by atoms with E-state index in [9.17, 15) is 4.79 Å². The lowest BCUT2D eigenvalue weighted by Crippen LogP contribution is -2.37. The van der Waals surface area contributed by atoms with E-state index in [0.717, 1.165) is 27.7 Å². The van der Waals surface area contributed by atoms with Gasteiger partial charge in [0.2, 0.25) is 0 Å². The Morgan fingerprint density at radius 1 is 1.11 bits per heavy atom. The Morgan fingerprint density at radius 3 is 2.75 bits per heavy atom. The van der Waals surface area contributed by atoms with Gasteiger partial charge in [0.05, 0.1) is 21.6 Å². The molecular formula is C21H15ClN5O+. The predicted molar refractivity (Wildman–Crippen MR) is 109 cm³/mol. The van der Waals surface area contributed by atoms with Crippen molar-refractivity contribution in [2.24, 2.45) is 0 Å². The Hall–Kier alpha value is -3.51. The lowest BCUT2D eigenvalue weighted by molar-refractivity contribution is -0.596. The van der Waals surface area contributed by atoms with E-state index >= 15 is 0 Å². The van der Waals surface area contributed by atoms with Gasteiger partial charge in [-0.3, -0.25) is 14.9 Å². The number of fused-ring (bicyclic) bond motifs is 2. The van der Waals surface area contributed by atoms with Crippen LogP contribution in [0, 0.1) is 6.92 Å². The van der Waals surface area contributed by atoms with Gasteiger partial charge in [-0.15, -0.1) is 0 Å². The SMILES string of the molecule is Cc1[nH]nc2cccc(-c3c(-[n+]4ccccc4)c(=O)[nH]c4cc(Cl)cnc34)c12. The lowest BCUT2D eigenvalue weighted by Gasteiger charge is -2.10. The van der Waals surface area contributed by atoms with Crippen LogP contribution in [0.25, 0.3) is 38.8 Å². The van der Waals surface area contributed by atoms with E-state index in [-0.39, 0.29) is 5.56 Å². The van der Waals surface area contributed by atoms with Crippen LogP contribution in [-0.4, -0.2) is 20.2 Å². The minimum absolute atomic E-state index is 0.221. The molecule has 136 valence electrons.